The van der Waals surface area contributed by atoms with Crippen LogP contribution in [0.2, 0.25) is 0 Å². The third-order valence-corrected chi connectivity index (χ3v) is 4.63. The molecule has 0 unspecified atom stereocenters. The van der Waals surface area contributed by atoms with E-state index in [0.29, 0.717) is 12.5 Å². The van der Waals surface area contributed by atoms with Gasteiger partial charge in [0.15, 0.2) is 0 Å². The van der Waals surface area contributed by atoms with Crippen molar-refractivity contribution in [2.75, 3.05) is 6.54 Å². The first-order valence-electron chi connectivity index (χ1n) is 7.23. The van der Waals surface area contributed by atoms with Crippen LogP contribution >= 0.6 is 0 Å². The average Bonchev–Trinajstić information content (AvgIpc) is 3.11. The summed E-state index contributed by atoms with van der Waals surface area (Å²) >= 11 is 0. The van der Waals surface area contributed by atoms with Crippen molar-refractivity contribution in [3.63, 3.8) is 0 Å². The first-order chi connectivity index (χ1) is 10.5. The van der Waals surface area contributed by atoms with Crippen LogP contribution in [0.15, 0.2) is 12.4 Å². The Bertz CT molecular complexity index is 628. The maximum atomic E-state index is 12.4. The lowest BCUT2D eigenvalue weighted by Crippen LogP contribution is -2.47. The van der Waals surface area contributed by atoms with Crippen molar-refractivity contribution in [2.45, 2.75) is 31.8 Å². The van der Waals surface area contributed by atoms with Crippen molar-refractivity contribution in [2.24, 2.45) is 17.6 Å². The van der Waals surface area contributed by atoms with Crippen LogP contribution in [0.5, 0.6) is 0 Å². The number of carbonyl (C=O) groups is 2. The lowest BCUT2D eigenvalue weighted by molar-refractivity contribution is -0.385. The van der Waals surface area contributed by atoms with Gasteiger partial charge in [-0.2, -0.15) is 5.10 Å². The van der Waals surface area contributed by atoms with E-state index < -0.39 is 16.9 Å². The van der Waals surface area contributed by atoms with E-state index >= 15 is 0 Å². The Kier molecular flexibility index (Phi) is 3.55. The Balaban J connectivity index is 1.73. The Morgan fingerprint density at radius 2 is 2.23 bits per heavy atom. The number of hydrogen-bond acceptors (Lipinski definition) is 5. The summed E-state index contributed by atoms with van der Waals surface area (Å²) in [5.41, 5.74) is 5.31. The number of aromatic nitrogens is 2. The molecule has 1 aromatic rings. The minimum absolute atomic E-state index is 0.128. The van der Waals surface area contributed by atoms with Crippen molar-refractivity contribution < 1.29 is 14.5 Å². The van der Waals surface area contributed by atoms with Gasteiger partial charge in [-0.25, -0.2) is 0 Å². The van der Waals surface area contributed by atoms with Crippen molar-refractivity contribution in [1.82, 2.24) is 14.7 Å². The van der Waals surface area contributed by atoms with Gasteiger partial charge in [0.25, 0.3) is 0 Å². The summed E-state index contributed by atoms with van der Waals surface area (Å²) in [5, 5.41) is 14.4. The van der Waals surface area contributed by atoms with Crippen LogP contribution in [0, 0.1) is 22.0 Å². The molecule has 0 bridgehead atoms. The zero-order valence-corrected chi connectivity index (χ0v) is 11.9. The molecule has 0 spiro atoms. The van der Waals surface area contributed by atoms with E-state index in [1.54, 1.807) is 0 Å². The molecule has 0 radical (unpaired) electrons. The SMILES string of the molecule is NC(=O)[C@@H]1[C@H]2CCC[C@H]2CN1C(=O)Cn1cc([N+](=O)[O-])cn1. The molecule has 1 aliphatic heterocycles. The van der Waals surface area contributed by atoms with Crippen LogP contribution < -0.4 is 5.73 Å². The zero-order valence-electron chi connectivity index (χ0n) is 11.9. The zero-order chi connectivity index (χ0) is 15.9. The number of nitrogens with two attached hydrogens (primary N) is 1. The van der Waals surface area contributed by atoms with Gasteiger partial charge in [0.2, 0.25) is 11.8 Å². The van der Waals surface area contributed by atoms with Crippen molar-refractivity contribution in [3.05, 3.63) is 22.5 Å². The van der Waals surface area contributed by atoms with Crippen molar-refractivity contribution >= 4 is 17.5 Å². The van der Waals surface area contributed by atoms with Crippen LogP contribution in [-0.4, -0.2) is 44.0 Å². The van der Waals surface area contributed by atoms with Crippen molar-refractivity contribution in [1.29, 1.82) is 0 Å². The number of nitro groups is 1. The molecule has 9 nitrogen and oxygen atoms in total. The number of carbonyl (C=O) groups excluding carboxylic acids is 2. The third kappa shape index (κ3) is 2.42. The molecule has 0 aromatic carbocycles. The quantitative estimate of drug-likeness (QED) is 0.614. The van der Waals surface area contributed by atoms with Crippen molar-refractivity contribution in [3.8, 4) is 0 Å². The van der Waals surface area contributed by atoms with E-state index in [4.69, 9.17) is 5.73 Å². The molecule has 2 fully saturated rings. The van der Waals surface area contributed by atoms with Gasteiger partial charge in [-0.05, 0) is 24.7 Å². The number of likely N-dealkylation sites (tertiary alicyclic amines) is 1. The molecule has 2 amide bonds. The van der Waals surface area contributed by atoms with Gasteiger partial charge in [-0.1, -0.05) is 6.42 Å². The fourth-order valence-electron chi connectivity index (χ4n) is 3.69. The van der Waals surface area contributed by atoms with Crippen LogP contribution in [0.3, 0.4) is 0 Å². The fraction of sp³-hybridized carbons (Fsp3) is 0.615. The van der Waals surface area contributed by atoms with E-state index in [1.165, 1.54) is 15.8 Å². The van der Waals surface area contributed by atoms with E-state index in [0.717, 1.165) is 25.5 Å². The number of fused-ring (bicyclic) bond motifs is 1. The highest BCUT2D eigenvalue weighted by atomic mass is 16.6. The van der Waals surface area contributed by atoms with E-state index in [9.17, 15) is 19.7 Å². The molecule has 2 N–H and O–H groups in total. The highest BCUT2D eigenvalue weighted by Gasteiger charge is 2.48. The Morgan fingerprint density at radius 3 is 2.86 bits per heavy atom. The standard InChI is InChI=1S/C13H17N5O4/c14-13(20)12-10-3-1-2-8(10)5-17(12)11(19)7-16-6-9(4-15-16)18(21)22/h4,6,8,10,12H,1-3,5,7H2,(H2,14,20)/t8-,10-,12-/m0/s1. The molecule has 1 saturated heterocycles. The first kappa shape index (κ1) is 14.5. The van der Waals surface area contributed by atoms with E-state index in [-0.39, 0.29) is 24.1 Å². The molecule has 118 valence electrons. The first-order valence-corrected chi connectivity index (χ1v) is 7.23. The predicted molar refractivity (Wildman–Crippen MR) is 74.4 cm³/mol. The second-order valence-electron chi connectivity index (χ2n) is 5.90. The maximum absolute atomic E-state index is 12.4. The fourth-order valence-corrected chi connectivity index (χ4v) is 3.69. The second-order valence-corrected chi connectivity index (χ2v) is 5.90. The summed E-state index contributed by atoms with van der Waals surface area (Å²) in [7, 11) is 0. The summed E-state index contributed by atoms with van der Waals surface area (Å²) in [6, 6.07) is -0.564. The summed E-state index contributed by atoms with van der Waals surface area (Å²) in [4.78, 5) is 35.7. The number of hydrogen-bond donors (Lipinski definition) is 1. The molecule has 1 saturated carbocycles. The van der Waals surface area contributed by atoms with E-state index in [1.807, 2.05) is 0 Å². The van der Waals surface area contributed by atoms with Crippen LogP contribution in [0.4, 0.5) is 5.69 Å². The topological polar surface area (TPSA) is 124 Å². The van der Waals surface area contributed by atoms with Gasteiger partial charge in [-0.3, -0.25) is 24.4 Å². The number of primary amides is 1. The molecule has 2 aliphatic rings. The molecule has 1 aliphatic carbocycles. The van der Waals surface area contributed by atoms with Gasteiger partial charge in [0, 0.05) is 6.54 Å². The Morgan fingerprint density at radius 1 is 1.45 bits per heavy atom. The monoisotopic (exact) mass is 307 g/mol. The van der Waals surface area contributed by atoms with Gasteiger partial charge in [-0.15, -0.1) is 0 Å². The lowest BCUT2D eigenvalue weighted by atomic mass is 9.94. The van der Waals surface area contributed by atoms with Gasteiger partial charge in [0.1, 0.15) is 25.0 Å². The molecule has 3 rings (SSSR count). The average molecular weight is 307 g/mol. The molecule has 3 atom stereocenters. The van der Waals surface area contributed by atoms with Gasteiger partial charge >= 0.3 is 5.69 Å². The normalized spacial score (nSPS) is 26.9. The molecule has 22 heavy (non-hydrogen) atoms. The summed E-state index contributed by atoms with van der Waals surface area (Å²) in [6.07, 6.45) is 5.28. The third-order valence-electron chi connectivity index (χ3n) is 4.63. The molecule has 9 heteroatoms. The molecular weight excluding hydrogens is 290 g/mol. The van der Waals surface area contributed by atoms with Gasteiger partial charge < -0.3 is 10.6 Å². The maximum Gasteiger partial charge on any atom is 0.307 e. The summed E-state index contributed by atoms with van der Waals surface area (Å²) < 4.78 is 1.21. The second kappa shape index (κ2) is 5.39. The summed E-state index contributed by atoms with van der Waals surface area (Å²) in [5.74, 6) is -0.285. The van der Waals surface area contributed by atoms with Gasteiger partial charge in [0.05, 0.1) is 4.92 Å². The number of rotatable bonds is 4. The minimum Gasteiger partial charge on any atom is -0.368 e. The summed E-state index contributed by atoms with van der Waals surface area (Å²) in [6.45, 7) is 0.400. The highest BCUT2D eigenvalue weighted by molar-refractivity contribution is 5.87. The highest BCUT2D eigenvalue weighted by Crippen LogP contribution is 2.42. The largest absolute Gasteiger partial charge is 0.368 e. The van der Waals surface area contributed by atoms with Crippen LogP contribution in [0.1, 0.15) is 19.3 Å². The molecule has 1 aromatic heterocycles. The minimum atomic E-state index is -0.569. The molecular formula is C13H17N5O4. The Labute approximate surface area is 126 Å². The smallest absolute Gasteiger partial charge is 0.307 e. The lowest BCUT2D eigenvalue weighted by Gasteiger charge is -2.25. The van der Waals surface area contributed by atoms with E-state index in [2.05, 4.69) is 5.10 Å². The van der Waals surface area contributed by atoms with Crippen LogP contribution in [0.25, 0.3) is 0 Å². The number of nitrogens with zero attached hydrogens (tertiary/aromatic N) is 4. The molecule has 2 heterocycles. The Hall–Kier alpha value is -2.45. The predicted octanol–water partition coefficient (Wildman–Crippen LogP) is -0.0963. The number of amides is 2. The van der Waals surface area contributed by atoms with Crippen LogP contribution in [-0.2, 0) is 16.1 Å².